The first-order valence-corrected chi connectivity index (χ1v) is 29.5. The van der Waals surface area contributed by atoms with E-state index in [4.69, 9.17) is 9.98 Å². The van der Waals surface area contributed by atoms with Crippen molar-refractivity contribution < 1.29 is 10.2 Å². The van der Waals surface area contributed by atoms with E-state index in [0.717, 1.165) is 80.1 Å². The summed E-state index contributed by atoms with van der Waals surface area (Å²) in [5, 5.41) is 22.0. The molecule has 0 aliphatic heterocycles. The van der Waals surface area contributed by atoms with E-state index < -0.39 is 8.07 Å². The molecule has 0 aliphatic rings. The molecule has 0 aromatic heterocycles. The van der Waals surface area contributed by atoms with Crippen molar-refractivity contribution in [1.82, 2.24) is 0 Å². The highest BCUT2D eigenvalue weighted by Crippen LogP contribution is 2.36. The van der Waals surface area contributed by atoms with Gasteiger partial charge in [0, 0.05) is 8.07 Å². The molecule has 0 fully saturated rings. The molecule has 0 aliphatic carbocycles. The Morgan fingerprint density at radius 1 is 0.429 bits per heavy atom. The van der Waals surface area contributed by atoms with Crippen LogP contribution in [-0.2, 0) is 38.5 Å². The van der Waals surface area contributed by atoms with Gasteiger partial charge in [0.25, 0.3) is 0 Å². The first kappa shape index (κ1) is 53.6. The second-order valence-corrected chi connectivity index (χ2v) is 25.1. The maximum Gasteiger partial charge on any atom is 0.127 e. The Morgan fingerprint density at radius 2 is 0.825 bits per heavy atom. The van der Waals surface area contributed by atoms with Gasteiger partial charge in [-0.25, -0.2) is 0 Å². The van der Waals surface area contributed by atoms with Crippen molar-refractivity contribution in [2.45, 2.75) is 222 Å². The molecule has 2 N–H and O–H groups in total. The van der Waals surface area contributed by atoms with Crippen molar-refractivity contribution in [1.29, 1.82) is 0 Å². The maximum atomic E-state index is 10.3. The molecule has 4 nitrogen and oxygen atoms in total. The summed E-state index contributed by atoms with van der Waals surface area (Å²) in [6, 6.07) is 23.1. The minimum Gasteiger partial charge on any atom is -0.507 e. The van der Waals surface area contributed by atoms with Crippen molar-refractivity contribution in [2.24, 2.45) is 9.98 Å². The van der Waals surface area contributed by atoms with Crippen molar-refractivity contribution in [3.05, 3.63) is 94.0 Å². The molecule has 0 unspecified atom stereocenters. The third-order valence-corrected chi connectivity index (χ3v) is 14.1. The standard InChI is InChI=1S/C39H62N2.C19H28O2Si/c1-7-13-19-25-39(41-37-29-27-33(21-15-9-3)35(31-37)23-17-11-5)38(24-18-12-6)40-36-28-26-32(20-14-8-2)34(30-36)22-16-10-4;1-5-6-7-14-10-16-11-15(8-9-22(2,3)4)13-18(21)19(16)17(20)12-14/h26-31H,7-25H2,1-6H3;10-13,20-21H,5-9H2,1-4H3. The monoisotopic (exact) mass is 875 g/mol. The lowest BCUT2D eigenvalue weighted by molar-refractivity contribution is 0.463. The van der Waals surface area contributed by atoms with Crippen LogP contribution in [0, 0.1) is 0 Å². The minimum absolute atomic E-state index is 0.192. The molecule has 0 saturated carbocycles. The molecule has 5 heteroatoms. The van der Waals surface area contributed by atoms with Crippen molar-refractivity contribution >= 4 is 41.6 Å². The van der Waals surface area contributed by atoms with Gasteiger partial charge in [0.05, 0.1) is 28.2 Å². The Hall–Kier alpha value is -3.70. The normalized spacial score (nSPS) is 12.2. The van der Waals surface area contributed by atoms with E-state index in [9.17, 15) is 10.2 Å². The maximum absolute atomic E-state index is 10.3. The summed E-state index contributed by atoms with van der Waals surface area (Å²) >= 11 is 0. The van der Waals surface area contributed by atoms with E-state index in [1.165, 1.54) is 135 Å². The fourth-order valence-electron chi connectivity index (χ4n) is 8.29. The quantitative estimate of drug-likeness (QED) is 0.0339. The van der Waals surface area contributed by atoms with Gasteiger partial charge < -0.3 is 10.2 Å². The first-order chi connectivity index (χ1) is 30.4. The number of aliphatic imine (C=N–C) groups is 2. The van der Waals surface area contributed by atoms with E-state index in [1.807, 2.05) is 6.07 Å². The van der Waals surface area contributed by atoms with Crippen LogP contribution in [0.3, 0.4) is 0 Å². The van der Waals surface area contributed by atoms with Crippen molar-refractivity contribution in [3.63, 3.8) is 0 Å². The molecule has 0 radical (unpaired) electrons. The first-order valence-electron chi connectivity index (χ1n) is 25.8. The Labute approximate surface area is 387 Å². The summed E-state index contributed by atoms with van der Waals surface area (Å²) < 4.78 is 0. The second kappa shape index (κ2) is 29.7. The second-order valence-electron chi connectivity index (χ2n) is 19.5. The molecule has 0 bridgehead atoms. The van der Waals surface area contributed by atoms with E-state index in [0.29, 0.717) is 5.39 Å². The number of unbranched alkanes of at least 4 members (excludes halogenated alkanes) is 8. The number of aromatic hydroxyl groups is 2. The van der Waals surface area contributed by atoms with Crippen LogP contribution in [0.2, 0.25) is 25.7 Å². The predicted octanol–water partition coefficient (Wildman–Crippen LogP) is 18.1. The van der Waals surface area contributed by atoms with Crippen LogP contribution in [0.25, 0.3) is 10.8 Å². The van der Waals surface area contributed by atoms with E-state index >= 15 is 0 Å². The van der Waals surface area contributed by atoms with Gasteiger partial charge in [0.1, 0.15) is 11.5 Å². The van der Waals surface area contributed by atoms with Crippen LogP contribution in [0.5, 0.6) is 11.5 Å². The number of hydrogen-bond donors (Lipinski definition) is 2. The van der Waals surface area contributed by atoms with Crippen LogP contribution in [-0.4, -0.2) is 29.7 Å². The highest BCUT2D eigenvalue weighted by Gasteiger charge is 2.16. The lowest BCUT2D eigenvalue weighted by atomic mass is 9.96. The summed E-state index contributed by atoms with van der Waals surface area (Å²) in [6.45, 7) is 23.0. The molecule has 0 spiro atoms. The minimum atomic E-state index is -1.10. The third-order valence-electron chi connectivity index (χ3n) is 12.3. The van der Waals surface area contributed by atoms with E-state index in [-0.39, 0.29) is 11.5 Å². The van der Waals surface area contributed by atoms with Crippen LogP contribution in [0.1, 0.15) is 191 Å². The molecule has 63 heavy (non-hydrogen) atoms. The Bertz CT molecular complexity index is 1990. The van der Waals surface area contributed by atoms with Gasteiger partial charge in [-0.15, -0.1) is 0 Å². The number of fused-ring (bicyclic) bond motifs is 1. The van der Waals surface area contributed by atoms with Gasteiger partial charge in [-0.05, 0) is 171 Å². The van der Waals surface area contributed by atoms with E-state index in [2.05, 4.69) is 117 Å². The average molecular weight is 875 g/mol. The van der Waals surface area contributed by atoms with Crippen molar-refractivity contribution in [3.8, 4) is 11.5 Å². The summed E-state index contributed by atoms with van der Waals surface area (Å²) in [6.07, 6.45) is 26.8. The Kier molecular flexibility index (Phi) is 25.3. The van der Waals surface area contributed by atoms with Gasteiger partial charge in [-0.3, -0.25) is 9.98 Å². The smallest absolute Gasteiger partial charge is 0.127 e. The SMILES string of the molecule is CCCCCC(=Nc1ccc(CCCC)c(CCCC)c1)C(CCCC)=Nc1ccc(CCCC)c(CCCC)c1.CCCCc1cc(O)c2c(O)cc(CC[Si](C)(C)C)cc2c1. The predicted molar refractivity (Wildman–Crippen MR) is 283 cm³/mol. The number of nitrogens with zero attached hydrogens (tertiary/aromatic N) is 2. The van der Waals surface area contributed by atoms with Gasteiger partial charge in [-0.2, -0.15) is 0 Å². The van der Waals surface area contributed by atoms with Gasteiger partial charge in [0.2, 0.25) is 0 Å². The Morgan fingerprint density at radius 3 is 1.25 bits per heavy atom. The molecule has 4 aromatic rings. The van der Waals surface area contributed by atoms with Crippen LogP contribution in [0.15, 0.2) is 70.6 Å². The van der Waals surface area contributed by atoms with Crippen LogP contribution < -0.4 is 0 Å². The molecule has 4 aromatic carbocycles. The summed E-state index contributed by atoms with van der Waals surface area (Å²) in [7, 11) is -1.10. The molecular weight excluding hydrogens is 785 g/mol. The number of hydrogen-bond acceptors (Lipinski definition) is 4. The lowest BCUT2D eigenvalue weighted by Crippen LogP contribution is -2.19. The molecule has 0 amide bonds. The number of phenols is 2. The zero-order valence-electron chi connectivity index (χ0n) is 42.0. The molecule has 0 atom stereocenters. The average Bonchev–Trinajstić information content (AvgIpc) is 3.26. The highest BCUT2D eigenvalue weighted by molar-refractivity contribution is 6.76. The van der Waals surface area contributed by atoms with Gasteiger partial charge >= 0.3 is 0 Å². The Balaban J connectivity index is 0.000000401. The third kappa shape index (κ3) is 19.5. The largest absolute Gasteiger partial charge is 0.507 e. The summed E-state index contributed by atoms with van der Waals surface area (Å²) in [5.74, 6) is 0.389. The summed E-state index contributed by atoms with van der Waals surface area (Å²) in [4.78, 5) is 10.8. The van der Waals surface area contributed by atoms with Gasteiger partial charge in [-0.1, -0.05) is 150 Å². The van der Waals surface area contributed by atoms with Crippen LogP contribution in [0.4, 0.5) is 11.4 Å². The molecular formula is C58H90N2O2Si. The van der Waals surface area contributed by atoms with Gasteiger partial charge in [0.15, 0.2) is 0 Å². The van der Waals surface area contributed by atoms with Crippen LogP contribution >= 0.6 is 0 Å². The molecule has 0 heterocycles. The fraction of sp³-hybridized carbons (Fsp3) is 0.586. The number of benzene rings is 4. The zero-order valence-corrected chi connectivity index (χ0v) is 43.0. The van der Waals surface area contributed by atoms with E-state index in [1.54, 1.807) is 6.07 Å². The highest BCUT2D eigenvalue weighted by atomic mass is 28.3. The number of phenolic OH excluding ortho intramolecular Hbond substituents is 2. The molecule has 348 valence electrons. The van der Waals surface area contributed by atoms with Crippen molar-refractivity contribution in [2.75, 3.05) is 0 Å². The number of aryl methyl sites for hydroxylation is 6. The summed E-state index contributed by atoms with van der Waals surface area (Å²) in [5.41, 5.74) is 13.0. The number of rotatable bonds is 28. The lowest BCUT2D eigenvalue weighted by Gasteiger charge is -2.16. The molecule has 4 rings (SSSR count). The topological polar surface area (TPSA) is 65.2 Å². The fourth-order valence-corrected chi connectivity index (χ4v) is 9.33. The molecule has 0 saturated heterocycles. The zero-order chi connectivity index (χ0) is 46.0.